The van der Waals surface area contributed by atoms with Gasteiger partial charge in [0.2, 0.25) is 5.95 Å². The van der Waals surface area contributed by atoms with E-state index in [1.165, 1.54) is 11.9 Å². The summed E-state index contributed by atoms with van der Waals surface area (Å²) in [6.07, 6.45) is 10.8. The second-order valence-electron chi connectivity index (χ2n) is 11.5. The van der Waals surface area contributed by atoms with Crippen LogP contribution in [0.5, 0.6) is 0 Å². The number of fused-ring (bicyclic) bond motifs is 1. The zero-order chi connectivity index (χ0) is 32.5. The zero-order valence-corrected chi connectivity index (χ0v) is 27.9. The van der Waals surface area contributed by atoms with Crippen molar-refractivity contribution in [3.05, 3.63) is 87.1 Å². The van der Waals surface area contributed by atoms with Gasteiger partial charge in [0, 0.05) is 49.9 Å². The van der Waals surface area contributed by atoms with Crippen LogP contribution in [0.25, 0.3) is 22.2 Å². The number of aromatic nitrogens is 7. The molecule has 1 saturated heterocycles. The molecule has 6 rings (SSSR count). The first-order chi connectivity index (χ1) is 22.1. The van der Waals surface area contributed by atoms with Gasteiger partial charge in [-0.1, -0.05) is 29.6 Å². The smallest absolute Gasteiger partial charge is 0.281 e. The molecule has 5 heterocycles. The summed E-state index contributed by atoms with van der Waals surface area (Å²) in [4.78, 5) is 46.8. The normalized spacial score (nSPS) is 14.4. The number of aryl methyl sites for hydroxylation is 2. The molecule has 1 fully saturated rings. The molecule has 1 aliphatic rings. The molecule has 0 aliphatic carbocycles. The van der Waals surface area contributed by atoms with Crippen molar-refractivity contribution in [2.24, 2.45) is 7.05 Å². The third kappa shape index (κ3) is 6.29. The predicted molar refractivity (Wildman–Crippen MR) is 182 cm³/mol. The number of halogens is 1. The topological polar surface area (TPSA) is 136 Å². The Morgan fingerprint density at radius 2 is 1.87 bits per heavy atom. The Balaban J connectivity index is 1.26. The van der Waals surface area contributed by atoms with Gasteiger partial charge in [0.1, 0.15) is 5.15 Å². The Labute approximate surface area is 275 Å². The second kappa shape index (κ2) is 13.1. The lowest BCUT2D eigenvalue weighted by atomic mass is 10.0. The van der Waals surface area contributed by atoms with Gasteiger partial charge in [-0.3, -0.25) is 33.5 Å². The first-order valence-corrected chi connectivity index (χ1v) is 16.6. The number of amides is 1. The number of carbonyl (C=O) groups excluding carboxylic acids is 1. The second-order valence-corrected chi connectivity index (χ2v) is 12.5. The van der Waals surface area contributed by atoms with Crippen LogP contribution < -0.4 is 20.5 Å². The maximum Gasteiger partial charge on any atom is 0.281 e. The summed E-state index contributed by atoms with van der Waals surface area (Å²) < 4.78 is 6.35. The van der Waals surface area contributed by atoms with Crippen molar-refractivity contribution in [3.63, 3.8) is 0 Å². The molecule has 0 spiro atoms. The lowest BCUT2D eigenvalue weighted by Crippen LogP contribution is -2.39. The van der Waals surface area contributed by atoms with Gasteiger partial charge in [-0.05, 0) is 57.4 Å². The van der Waals surface area contributed by atoms with Crippen LogP contribution >= 0.6 is 23.5 Å². The quantitative estimate of drug-likeness (QED) is 0.168. The van der Waals surface area contributed by atoms with E-state index in [1.54, 1.807) is 42.4 Å². The van der Waals surface area contributed by atoms with Crippen LogP contribution in [0, 0.1) is 13.8 Å². The molecule has 1 aromatic carbocycles. The fraction of sp³-hybridized carbons (Fsp3) is 0.344. The number of hydrogen-bond acceptors (Lipinski definition) is 10. The van der Waals surface area contributed by atoms with Crippen LogP contribution in [0.1, 0.15) is 59.2 Å². The average molecular weight is 659 g/mol. The summed E-state index contributed by atoms with van der Waals surface area (Å²) in [6, 6.07) is 7.19. The molecule has 2 N–H and O–H groups in total. The van der Waals surface area contributed by atoms with Gasteiger partial charge < -0.3 is 10.2 Å². The molecule has 1 amide bonds. The number of rotatable bonds is 8. The van der Waals surface area contributed by atoms with Crippen LogP contribution in [0.2, 0.25) is 5.15 Å². The van der Waals surface area contributed by atoms with Crippen molar-refractivity contribution in [2.75, 3.05) is 29.6 Å². The van der Waals surface area contributed by atoms with Gasteiger partial charge in [-0.25, -0.2) is 9.97 Å². The lowest BCUT2D eigenvalue weighted by molar-refractivity contribution is 0.0980. The highest BCUT2D eigenvalue weighted by molar-refractivity contribution is 7.97. The minimum atomic E-state index is -0.355. The van der Waals surface area contributed by atoms with E-state index < -0.39 is 0 Å². The highest BCUT2D eigenvalue weighted by Crippen LogP contribution is 2.31. The molecule has 0 saturated carbocycles. The monoisotopic (exact) mass is 658 g/mol. The molecule has 46 heavy (non-hydrogen) atoms. The van der Waals surface area contributed by atoms with E-state index in [0.717, 1.165) is 54.0 Å². The van der Waals surface area contributed by atoms with Crippen molar-refractivity contribution >= 4 is 52.0 Å². The van der Waals surface area contributed by atoms with Gasteiger partial charge >= 0.3 is 0 Å². The molecule has 1 aliphatic heterocycles. The minimum absolute atomic E-state index is 0.108. The third-order valence-electron chi connectivity index (χ3n) is 8.24. The molecule has 0 radical (unpaired) electrons. The van der Waals surface area contributed by atoms with Gasteiger partial charge in [0.15, 0.2) is 5.69 Å². The van der Waals surface area contributed by atoms with Crippen LogP contribution in [-0.2, 0) is 7.05 Å². The number of benzene rings is 1. The van der Waals surface area contributed by atoms with Crippen LogP contribution in [0.15, 0.2) is 53.8 Å². The van der Waals surface area contributed by atoms with Crippen molar-refractivity contribution in [1.82, 2.24) is 39.0 Å². The molecule has 238 valence electrons. The Kier molecular flexibility index (Phi) is 8.96. The first kappa shape index (κ1) is 31.5. The number of anilines is 2. The third-order valence-corrected chi connectivity index (χ3v) is 8.84. The SMILES string of the molecule is CSNC(=O)c1nc(Cl)ccc1NC(C)c1cc(C)cc2c(=O)n(C)c(N3CCC(n4cc(-c5cnc(C)cn5)cn4)CC3)nc12. The lowest BCUT2D eigenvalue weighted by Gasteiger charge is -2.33. The summed E-state index contributed by atoms with van der Waals surface area (Å²) >= 11 is 7.31. The van der Waals surface area contributed by atoms with E-state index in [4.69, 9.17) is 16.6 Å². The molecule has 1 atom stereocenters. The van der Waals surface area contributed by atoms with E-state index in [2.05, 4.69) is 35.0 Å². The summed E-state index contributed by atoms with van der Waals surface area (Å²) in [5.41, 5.74) is 5.62. The van der Waals surface area contributed by atoms with Crippen LogP contribution in [0.4, 0.5) is 11.6 Å². The van der Waals surface area contributed by atoms with Crippen LogP contribution in [-0.4, -0.2) is 59.5 Å². The molecule has 1 unspecified atom stereocenters. The van der Waals surface area contributed by atoms with E-state index in [-0.39, 0.29) is 34.4 Å². The molecule has 0 bridgehead atoms. The number of hydrogen-bond donors (Lipinski definition) is 2. The molecular weight excluding hydrogens is 624 g/mol. The number of pyridine rings is 1. The highest BCUT2D eigenvalue weighted by atomic mass is 35.5. The fourth-order valence-corrected chi connectivity index (χ4v) is 6.30. The maximum absolute atomic E-state index is 13.7. The van der Waals surface area contributed by atoms with E-state index in [1.807, 2.05) is 50.0 Å². The van der Waals surface area contributed by atoms with E-state index in [9.17, 15) is 9.59 Å². The van der Waals surface area contributed by atoms with Gasteiger partial charge in [0.05, 0.1) is 52.5 Å². The number of nitrogens with one attached hydrogen (secondary N) is 2. The Hall–Kier alpha value is -4.49. The van der Waals surface area contributed by atoms with Gasteiger partial charge in [-0.15, -0.1) is 0 Å². The van der Waals surface area contributed by atoms with E-state index in [0.29, 0.717) is 22.5 Å². The highest BCUT2D eigenvalue weighted by Gasteiger charge is 2.26. The molecular formula is C32H35ClN10O2S. The molecule has 5 aromatic rings. The fourth-order valence-electron chi connectivity index (χ4n) is 5.87. The first-order valence-electron chi connectivity index (χ1n) is 15.0. The summed E-state index contributed by atoms with van der Waals surface area (Å²) in [5.74, 6) is 0.268. The molecule has 4 aromatic heterocycles. The predicted octanol–water partition coefficient (Wildman–Crippen LogP) is 5.27. The Morgan fingerprint density at radius 1 is 1.09 bits per heavy atom. The Bertz CT molecular complexity index is 1970. The van der Waals surface area contributed by atoms with Crippen molar-refractivity contribution in [2.45, 2.75) is 45.7 Å². The number of nitrogens with zero attached hydrogens (tertiary/aromatic N) is 8. The van der Waals surface area contributed by atoms with Gasteiger partial charge in [0.25, 0.3) is 11.5 Å². The van der Waals surface area contributed by atoms with Crippen molar-refractivity contribution < 1.29 is 4.79 Å². The Morgan fingerprint density at radius 3 is 2.59 bits per heavy atom. The summed E-state index contributed by atoms with van der Waals surface area (Å²) in [5, 5.41) is 8.81. The largest absolute Gasteiger partial charge is 0.377 e. The molecule has 12 nitrogen and oxygen atoms in total. The van der Waals surface area contributed by atoms with Crippen LogP contribution in [0.3, 0.4) is 0 Å². The molecule has 14 heteroatoms. The van der Waals surface area contributed by atoms with Crippen molar-refractivity contribution in [1.29, 1.82) is 0 Å². The summed E-state index contributed by atoms with van der Waals surface area (Å²) in [6.45, 7) is 7.28. The zero-order valence-electron chi connectivity index (χ0n) is 26.3. The summed E-state index contributed by atoms with van der Waals surface area (Å²) in [7, 11) is 1.78. The number of carbonyl (C=O) groups is 1. The standard InChI is InChI=1S/C32H35ClN10O2S/c1-18-12-23(20(3)37-25-6-7-27(33)38-29(25)30(44)40-46-5)28-24(13-18)31(45)41(4)32(39-28)42-10-8-22(9-11-42)43-17-21(15-36-43)26-16-34-19(2)14-35-26/h6-7,12-17,20,22,37H,8-11H2,1-5H3,(H,40,44). The van der Waals surface area contributed by atoms with Gasteiger partial charge in [-0.2, -0.15) is 5.10 Å². The number of piperidine rings is 1. The minimum Gasteiger partial charge on any atom is -0.377 e. The van der Waals surface area contributed by atoms with E-state index >= 15 is 0 Å². The average Bonchev–Trinajstić information content (AvgIpc) is 3.54. The maximum atomic E-state index is 13.7. The van der Waals surface area contributed by atoms with Crippen molar-refractivity contribution in [3.8, 4) is 11.3 Å².